The molecule has 0 N–H and O–H groups in total. The summed E-state index contributed by atoms with van der Waals surface area (Å²) in [5, 5.41) is 0. The highest BCUT2D eigenvalue weighted by Crippen LogP contribution is 2.13. The molecule has 0 bridgehead atoms. The van der Waals surface area contributed by atoms with Gasteiger partial charge >= 0.3 is 0 Å². The van der Waals surface area contributed by atoms with Crippen molar-refractivity contribution in [3.8, 4) is 0 Å². The van der Waals surface area contributed by atoms with Crippen molar-refractivity contribution >= 4 is 0 Å². The summed E-state index contributed by atoms with van der Waals surface area (Å²) < 4.78 is 0. The normalized spacial score (nSPS) is 26.8. The Bertz CT molecular complexity index is 158. The van der Waals surface area contributed by atoms with Crippen molar-refractivity contribution in [3.05, 3.63) is 24.4 Å². The van der Waals surface area contributed by atoms with E-state index in [1.807, 2.05) is 0 Å². The number of hydrogen-bond acceptors (Lipinski definition) is 1. The average molecular weight is 137 g/mol. The zero-order chi connectivity index (χ0) is 7.56. The standard InChI is InChI=1S/C9H15N/c1-8-5-4-6-9(2)10(3)7-8/h4,6,8H,2,5,7H2,1,3H3. The first-order chi connectivity index (χ1) is 4.70. The largest absolute Gasteiger partial charge is 0.375 e. The molecule has 0 radical (unpaired) electrons. The second-order valence-corrected chi connectivity index (χ2v) is 3.12. The van der Waals surface area contributed by atoms with E-state index in [9.17, 15) is 0 Å². The minimum absolute atomic E-state index is 0.764. The SMILES string of the molecule is C=C1C=CCC(C)CN1C. The molecule has 0 aromatic carbocycles. The molecule has 10 heavy (non-hydrogen) atoms. The number of likely N-dealkylation sites (N-methyl/N-ethyl adjacent to an activating group) is 1. The molecule has 0 saturated carbocycles. The fraction of sp³-hybridized carbons (Fsp3) is 0.556. The lowest BCUT2D eigenvalue weighted by Crippen LogP contribution is -2.20. The van der Waals surface area contributed by atoms with Crippen LogP contribution in [0.3, 0.4) is 0 Å². The Morgan fingerprint density at radius 2 is 2.40 bits per heavy atom. The Labute approximate surface area is 63.0 Å². The molecule has 0 fully saturated rings. The van der Waals surface area contributed by atoms with Gasteiger partial charge < -0.3 is 4.90 Å². The molecule has 1 aliphatic rings. The molecular weight excluding hydrogens is 122 g/mol. The average Bonchev–Trinajstić information content (AvgIpc) is 1.96. The molecule has 0 saturated heterocycles. The van der Waals surface area contributed by atoms with E-state index >= 15 is 0 Å². The molecule has 0 amide bonds. The number of rotatable bonds is 0. The monoisotopic (exact) mass is 137 g/mol. The van der Waals surface area contributed by atoms with E-state index in [4.69, 9.17) is 0 Å². The molecule has 1 rings (SSSR count). The fourth-order valence-electron chi connectivity index (χ4n) is 1.22. The third-order valence-corrected chi connectivity index (χ3v) is 1.92. The highest BCUT2D eigenvalue weighted by Gasteiger charge is 2.08. The van der Waals surface area contributed by atoms with E-state index in [1.165, 1.54) is 6.42 Å². The van der Waals surface area contributed by atoms with Gasteiger partial charge in [0.1, 0.15) is 0 Å². The first-order valence-electron chi connectivity index (χ1n) is 3.76. The minimum atomic E-state index is 0.764. The Kier molecular flexibility index (Phi) is 2.15. The molecule has 1 nitrogen and oxygen atoms in total. The van der Waals surface area contributed by atoms with Crippen LogP contribution < -0.4 is 0 Å². The van der Waals surface area contributed by atoms with Crippen molar-refractivity contribution in [2.45, 2.75) is 13.3 Å². The Morgan fingerprint density at radius 3 is 3.10 bits per heavy atom. The summed E-state index contributed by atoms with van der Waals surface area (Å²) in [6.07, 6.45) is 5.49. The zero-order valence-electron chi connectivity index (χ0n) is 6.80. The van der Waals surface area contributed by atoms with Crippen molar-refractivity contribution in [1.82, 2.24) is 4.90 Å². The predicted octanol–water partition coefficient (Wildman–Crippen LogP) is 2.03. The van der Waals surface area contributed by atoms with E-state index in [-0.39, 0.29) is 0 Å². The van der Waals surface area contributed by atoms with E-state index in [2.05, 4.69) is 37.6 Å². The molecule has 0 spiro atoms. The van der Waals surface area contributed by atoms with Gasteiger partial charge in [-0.25, -0.2) is 0 Å². The van der Waals surface area contributed by atoms with Gasteiger partial charge in [-0.1, -0.05) is 19.6 Å². The number of nitrogens with zero attached hydrogens (tertiary/aromatic N) is 1. The molecule has 1 heterocycles. The fourth-order valence-corrected chi connectivity index (χ4v) is 1.22. The van der Waals surface area contributed by atoms with Gasteiger partial charge in [-0.05, 0) is 18.4 Å². The second kappa shape index (κ2) is 2.91. The van der Waals surface area contributed by atoms with Gasteiger partial charge in [-0.3, -0.25) is 0 Å². The topological polar surface area (TPSA) is 3.24 Å². The Balaban J connectivity index is 2.62. The summed E-state index contributed by atoms with van der Waals surface area (Å²) >= 11 is 0. The Morgan fingerprint density at radius 1 is 1.70 bits per heavy atom. The second-order valence-electron chi connectivity index (χ2n) is 3.12. The van der Waals surface area contributed by atoms with Gasteiger partial charge in [-0.2, -0.15) is 0 Å². The predicted molar refractivity (Wildman–Crippen MR) is 44.7 cm³/mol. The summed E-state index contributed by atoms with van der Waals surface area (Å²) in [7, 11) is 2.09. The van der Waals surface area contributed by atoms with Crippen LogP contribution in [0, 0.1) is 5.92 Å². The van der Waals surface area contributed by atoms with Gasteiger partial charge in [0.15, 0.2) is 0 Å². The summed E-state index contributed by atoms with van der Waals surface area (Å²) in [6.45, 7) is 7.32. The highest BCUT2D eigenvalue weighted by atomic mass is 15.1. The first-order valence-corrected chi connectivity index (χ1v) is 3.76. The van der Waals surface area contributed by atoms with Crippen LogP contribution in [-0.2, 0) is 0 Å². The minimum Gasteiger partial charge on any atom is -0.375 e. The number of hydrogen-bond donors (Lipinski definition) is 0. The molecule has 1 heteroatoms. The first kappa shape index (κ1) is 7.39. The zero-order valence-corrected chi connectivity index (χ0v) is 6.80. The van der Waals surface area contributed by atoms with Crippen LogP contribution in [0.5, 0.6) is 0 Å². The number of allylic oxidation sites excluding steroid dienone is 2. The highest BCUT2D eigenvalue weighted by molar-refractivity contribution is 5.14. The van der Waals surface area contributed by atoms with Gasteiger partial charge in [0.2, 0.25) is 0 Å². The van der Waals surface area contributed by atoms with Crippen LogP contribution in [0.15, 0.2) is 24.4 Å². The van der Waals surface area contributed by atoms with Crippen molar-refractivity contribution in [2.75, 3.05) is 13.6 Å². The lowest BCUT2D eigenvalue weighted by atomic mass is 10.1. The van der Waals surface area contributed by atoms with E-state index in [0.717, 1.165) is 18.2 Å². The van der Waals surface area contributed by atoms with Crippen LogP contribution >= 0.6 is 0 Å². The maximum atomic E-state index is 3.93. The molecule has 0 aliphatic carbocycles. The summed E-state index contributed by atoms with van der Waals surface area (Å²) in [6, 6.07) is 0. The maximum absolute atomic E-state index is 3.93. The van der Waals surface area contributed by atoms with Crippen LogP contribution in [0.2, 0.25) is 0 Å². The Hall–Kier alpha value is -0.720. The molecule has 0 aromatic heterocycles. The smallest absolute Gasteiger partial charge is 0.0287 e. The summed E-state index contributed by atoms with van der Waals surface area (Å²) in [4.78, 5) is 2.20. The summed E-state index contributed by atoms with van der Waals surface area (Å²) in [5.74, 6) is 0.764. The molecular formula is C9H15N. The van der Waals surface area contributed by atoms with E-state index in [1.54, 1.807) is 0 Å². The molecule has 0 aromatic rings. The quantitative estimate of drug-likeness (QED) is 0.494. The van der Waals surface area contributed by atoms with Crippen LogP contribution in [0.1, 0.15) is 13.3 Å². The van der Waals surface area contributed by atoms with Crippen molar-refractivity contribution < 1.29 is 0 Å². The third-order valence-electron chi connectivity index (χ3n) is 1.92. The molecule has 1 atom stereocenters. The molecule has 1 unspecified atom stereocenters. The van der Waals surface area contributed by atoms with Gasteiger partial charge in [-0.15, -0.1) is 0 Å². The van der Waals surface area contributed by atoms with Crippen molar-refractivity contribution in [2.24, 2.45) is 5.92 Å². The maximum Gasteiger partial charge on any atom is 0.0287 e. The van der Waals surface area contributed by atoms with Gasteiger partial charge in [0, 0.05) is 19.3 Å². The van der Waals surface area contributed by atoms with Gasteiger partial charge in [0.25, 0.3) is 0 Å². The lowest BCUT2D eigenvalue weighted by Gasteiger charge is -2.19. The van der Waals surface area contributed by atoms with Crippen LogP contribution in [0.25, 0.3) is 0 Å². The van der Waals surface area contributed by atoms with E-state index < -0.39 is 0 Å². The van der Waals surface area contributed by atoms with Crippen molar-refractivity contribution in [3.63, 3.8) is 0 Å². The third kappa shape index (κ3) is 1.63. The summed E-state index contributed by atoms with van der Waals surface area (Å²) in [5.41, 5.74) is 1.13. The van der Waals surface area contributed by atoms with Crippen LogP contribution in [-0.4, -0.2) is 18.5 Å². The van der Waals surface area contributed by atoms with Crippen LogP contribution in [0.4, 0.5) is 0 Å². The van der Waals surface area contributed by atoms with Crippen molar-refractivity contribution in [1.29, 1.82) is 0 Å². The molecule has 56 valence electrons. The van der Waals surface area contributed by atoms with Gasteiger partial charge in [0.05, 0.1) is 0 Å². The van der Waals surface area contributed by atoms with E-state index in [0.29, 0.717) is 0 Å². The molecule has 1 aliphatic heterocycles. The lowest BCUT2D eigenvalue weighted by molar-refractivity contribution is 0.366.